The molecule has 29 heavy (non-hydrogen) atoms. The molecule has 0 atom stereocenters. The number of urea groups is 1. The summed E-state index contributed by atoms with van der Waals surface area (Å²) < 4.78 is 39.0. The minimum absolute atomic E-state index is 0.318. The first-order valence-electron chi connectivity index (χ1n) is 8.99. The van der Waals surface area contributed by atoms with Gasteiger partial charge in [-0.2, -0.15) is 18.0 Å². The lowest BCUT2D eigenvalue weighted by atomic mass is 10.1. The van der Waals surface area contributed by atoms with Crippen LogP contribution in [0.25, 0.3) is 11.4 Å². The summed E-state index contributed by atoms with van der Waals surface area (Å²) in [4.78, 5) is 13.6. The predicted molar refractivity (Wildman–Crippen MR) is 102 cm³/mol. The molecule has 2 amide bonds. The molecule has 3 rings (SSSR count). The van der Waals surface area contributed by atoms with Crippen molar-refractivity contribution in [1.29, 1.82) is 0 Å². The number of unbranched alkanes of at least 4 members (excludes halogenated alkanes) is 1. The summed E-state index contributed by atoms with van der Waals surface area (Å²) >= 11 is 0. The van der Waals surface area contributed by atoms with E-state index in [1.165, 1.54) is 23.0 Å². The number of tetrazole rings is 1. The van der Waals surface area contributed by atoms with Crippen molar-refractivity contribution in [2.75, 3.05) is 10.6 Å². The molecule has 0 unspecified atom stereocenters. The Hall–Kier alpha value is -3.43. The predicted octanol–water partition coefficient (Wildman–Crippen LogP) is 4.80. The van der Waals surface area contributed by atoms with Gasteiger partial charge in [0.05, 0.1) is 17.8 Å². The number of hydrogen-bond acceptors (Lipinski definition) is 4. The van der Waals surface area contributed by atoms with Gasteiger partial charge < -0.3 is 10.6 Å². The molecule has 3 aromatic rings. The third kappa shape index (κ3) is 5.31. The van der Waals surface area contributed by atoms with E-state index >= 15 is 0 Å². The third-order valence-electron chi connectivity index (χ3n) is 4.05. The zero-order valence-electron chi connectivity index (χ0n) is 15.6. The molecule has 0 aliphatic heterocycles. The highest BCUT2D eigenvalue weighted by Gasteiger charge is 2.33. The first kappa shape index (κ1) is 20.3. The molecule has 1 heterocycles. The van der Waals surface area contributed by atoms with E-state index in [1.54, 1.807) is 24.3 Å². The monoisotopic (exact) mass is 404 g/mol. The summed E-state index contributed by atoms with van der Waals surface area (Å²) in [6.45, 7) is 2.75. The second-order valence-corrected chi connectivity index (χ2v) is 6.26. The average molecular weight is 404 g/mol. The second-order valence-electron chi connectivity index (χ2n) is 6.26. The molecule has 2 aromatic carbocycles. The number of rotatable bonds is 6. The van der Waals surface area contributed by atoms with Crippen LogP contribution < -0.4 is 10.6 Å². The maximum atomic E-state index is 13.0. The Bertz CT molecular complexity index is 969. The maximum absolute atomic E-state index is 13.0. The number of halogens is 3. The van der Waals surface area contributed by atoms with Gasteiger partial charge in [-0.3, -0.25) is 0 Å². The summed E-state index contributed by atoms with van der Waals surface area (Å²) in [6, 6.07) is 10.6. The maximum Gasteiger partial charge on any atom is 0.418 e. The van der Waals surface area contributed by atoms with E-state index in [0.29, 0.717) is 23.6 Å². The summed E-state index contributed by atoms with van der Waals surface area (Å²) in [5.41, 5.74) is -0.111. The average Bonchev–Trinajstić information content (AvgIpc) is 3.15. The number of benzene rings is 2. The molecule has 10 heteroatoms. The van der Waals surface area contributed by atoms with Crippen LogP contribution in [-0.4, -0.2) is 26.2 Å². The number of para-hydroxylation sites is 1. The van der Waals surface area contributed by atoms with Crippen molar-refractivity contribution in [1.82, 2.24) is 20.2 Å². The summed E-state index contributed by atoms with van der Waals surface area (Å²) in [7, 11) is 0. The van der Waals surface area contributed by atoms with Gasteiger partial charge in [0.2, 0.25) is 5.82 Å². The SMILES string of the molecule is CCCCn1nnc(-c2ccc(NC(=O)Nc3ccccc3C(F)(F)F)cc2)n1. The third-order valence-corrected chi connectivity index (χ3v) is 4.05. The van der Waals surface area contributed by atoms with E-state index in [9.17, 15) is 18.0 Å². The highest BCUT2D eigenvalue weighted by molar-refractivity contribution is 6.00. The molecular formula is C19H19F3N6O. The van der Waals surface area contributed by atoms with E-state index in [-0.39, 0.29) is 5.69 Å². The molecule has 0 aliphatic carbocycles. The molecule has 0 aliphatic rings. The van der Waals surface area contributed by atoms with E-state index in [0.717, 1.165) is 18.9 Å². The van der Waals surface area contributed by atoms with Gasteiger partial charge in [0.15, 0.2) is 0 Å². The Kier molecular flexibility index (Phi) is 6.10. The molecule has 7 nitrogen and oxygen atoms in total. The molecule has 0 bridgehead atoms. The van der Waals surface area contributed by atoms with Crippen molar-refractivity contribution < 1.29 is 18.0 Å². The molecule has 0 radical (unpaired) electrons. The summed E-state index contributed by atoms with van der Waals surface area (Å²) in [5.74, 6) is 0.455. The fourth-order valence-electron chi connectivity index (χ4n) is 2.58. The van der Waals surface area contributed by atoms with E-state index < -0.39 is 17.8 Å². The Morgan fingerprint density at radius 2 is 1.79 bits per heavy atom. The van der Waals surface area contributed by atoms with Crippen LogP contribution in [0.15, 0.2) is 48.5 Å². The van der Waals surface area contributed by atoms with Crippen LogP contribution in [0.3, 0.4) is 0 Å². The van der Waals surface area contributed by atoms with Gasteiger partial charge >= 0.3 is 12.2 Å². The van der Waals surface area contributed by atoms with Crippen molar-refractivity contribution in [3.8, 4) is 11.4 Å². The lowest BCUT2D eigenvalue weighted by Crippen LogP contribution is -2.21. The lowest BCUT2D eigenvalue weighted by Gasteiger charge is -2.14. The van der Waals surface area contributed by atoms with E-state index in [2.05, 4.69) is 33.0 Å². The Balaban J connectivity index is 1.64. The molecule has 0 fully saturated rings. The molecule has 0 saturated carbocycles. The van der Waals surface area contributed by atoms with Crippen LogP contribution in [0.5, 0.6) is 0 Å². The highest BCUT2D eigenvalue weighted by Crippen LogP contribution is 2.34. The highest BCUT2D eigenvalue weighted by atomic mass is 19.4. The zero-order valence-corrected chi connectivity index (χ0v) is 15.6. The van der Waals surface area contributed by atoms with Crippen molar-refractivity contribution in [2.24, 2.45) is 0 Å². The van der Waals surface area contributed by atoms with Crippen molar-refractivity contribution in [3.05, 3.63) is 54.1 Å². The largest absolute Gasteiger partial charge is 0.418 e. The van der Waals surface area contributed by atoms with E-state index in [4.69, 9.17) is 0 Å². The van der Waals surface area contributed by atoms with Crippen LogP contribution in [0.4, 0.5) is 29.3 Å². The molecule has 0 spiro atoms. The lowest BCUT2D eigenvalue weighted by molar-refractivity contribution is -0.136. The quantitative estimate of drug-likeness (QED) is 0.618. The van der Waals surface area contributed by atoms with Gasteiger partial charge in [0.1, 0.15) is 0 Å². The first-order chi connectivity index (χ1) is 13.9. The molecule has 1 aromatic heterocycles. The number of hydrogen-bond donors (Lipinski definition) is 2. The van der Waals surface area contributed by atoms with Gasteiger partial charge in [-0.15, -0.1) is 10.2 Å². The molecular weight excluding hydrogens is 385 g/mol. The van der Waals surface area contributed by atoms with Gasteiger partial charge in [-0.25, -0.2) is 4.79 Å². The van der Waals surface area contributed by atoms with Crippen LogP contribution >= 0.6 is 0 Å². The number of aromatic nitrogens is 4. The zero-order chi connectivity index (χ0) is 20.9. The number of nitrogens with zero attached hydrogens (tertiary/aromatic N) is 4. The number of carbonyl (C=O) groups is 1. The van der Waals surface area contributed by atoms with Gasteiger partial charge in [-0.1, -0.05) is 25.5 Å². The Morgan fingerprint density at radius 1 is 1.07 bits per heavy atom. The van der Waals surface area contributed by atoms with Crippen LogP contribution in [0, 0.1) is 0 Å². The minimum Gasteiger partial charge on any atom is -0.308 e. The van der Waals surface area contributed by atoms with Crippen LogP contribution in [-0.2, 0) is 12.7 Å². The number of amides is 2. The Morgan fingerprint density at radius 3 is 2.48 bits per heavy atom. The number of aryl methyl sites for hydroxylation is 1. The fraction of sp³-hybridized carbons (Fsp3) is 0.263. The van der Waals surface area contributed by atoms with Crippen molar-refractivity contribution >= 4 is 17.4 Å². The smallest absolute Gasteiger partial charge is 0.308 e. The van der Waals surface area contributed by atoms with Crippen LogP contribution in [0.2, 0.25) is 0 Å². The Labute approximate surface area is 164 Å². The summed E-state index contributed by atoms with van der Waals surface area (Å²) in [6.07, 6.45) is -2.59. The fourth-order valence-corrected chi connectivity index (χ4v) is 2.58. The van der Waals surface area contributed by atoms with Crippen molar-refractivity contribution in [3.63, 3.8) is 0 Å². The number of anilines is 2. The van der Waals surface area contributed by atoms with Gasteiger partial charge in [0.25, 0.3) is 0 Å². The molecule has 0 saturated heterocycles. The van der Waals surface area contributed by atoms with Crippen LogP contribution in [0.1, 0.15) is 25.3 Å². The minimum atomic E-state index is -4.56. The molecule has 152 valence electrons. The molecule has 2 N–H and O–H groups in total. The normalized spacial score (nSPS) is 11.3. The summed E-state index contributed by atoms with van der Waals surface area (Å²) in [5, 5.41) is 17.0. The second kappa shape index (κ2) is 8.72. The first-order valence-corrected chi connectivity index (χ1v) is 8.99. The van der Waals surface area contributed by atoms with Crippen molar-refractivity contribution in [2.45, 2.75) is 32.5 Å². The number of alkyl halides is 3. The topological polar surface area (TPSA) is 84.7 Å². The number of nitrogens with one attached hydrogen (secondary N) is 2. The van der Waals surface area contributed by atoms with E-state index in [1.807, 2.05) is 0 Å². The standard InChI is InChI=1S/C19H19F3N6O/c1-2-3-12-28-26-17(25-27-28)13-8-10-14(11-9-13)23-18(29)24-16-7-5-4-6-15(16)19(20,21)22/h4-11H,2-3,12H2,1H3,(H2,23,24,29). The number of carbonyl (C=O) groups excluding carboxylic acids is 1. The van der Waals surface area contributed by atoms with Gasteiger partial charge in [0, 0.05) is 11.3 Å². The van der Waals surface area contributed by atoms with Gasteiger partial charge in [-0.05, 0) is 48.0 Å².